The molecule has 0 aliphatic carbocycles. The summed E-state index contributed by atoms with van der Waals surface area (Å²) in [7, 11) is 0. The number of aliphatic hydroxyl groups is 1. The van der Waals surface area contributed by atoms with Crippen molar-refractivity contribution < 1.29 is 5.11 Å². The molecule has 1 nitrogen and oxygen atoms in total. The lowest BCUT2D eigenvalue weighted by Crippen LogP contribution is -2.06. The summed E-state index contributed by atoms with van der Waals surface area (Å²) >= 11 is 0. The fourth-order valence-corrected chi connectivity index (χ4v) is 3.46. The van der Waals surface area contributed by atoms with E-state index < -0.39 is 0 Å². The van der Waals surface area contributed by atoms with Crippen molar-refractivity contribution in [1.82, 2.24) is 0 Å². The molecule has 0 rings (SSSR count). The molecule has 0 aromatic carbocycles. The minimum atomic E-state index is 0.408. The van der Waals surface area contributed by atoms with E-state index in [0.717, 1.165) is 0 Å². The lowest BCUT2D eigenvalue weighted by atomic mass is 9.95. The van der Waals surface area contributed by atoms with Crippen LogP contribution in [0.3, 0.4) is 0 Å². The fourth-order valence-electron chi connectivity index (χ4n) is 3.46. The zero-order chi connectivity index (χ0) is 17.0. The van der Waals surface area contributed by atoms with Gasteiger partial charge in [-0.15, -0.1) is 0 Å². The Hall–Kier alpha value is -0.0400. The van der Waals surface area contributed by atoms with Gasteiger partial charge in [-0.3, -0.25) is 0 Å². The van der Waals surface area contributed by atoms with E-state index in [9.17, 15) is 5.11 Å². The van der Waals surface area contributed by atoms with Crippen LogP contribution in [0.1, 0.15) is 129 Å². The van der Waals surface area contributed by atoms with Crippen molar-refractivity contribution in [3.8, 4) is 0 Å². The van der Waals surface area contributed by atoms with Gasteiger partial charge in [-0.05, 0) is 18.8 Å². The van der Waals surface area contributed by atoms with Gasteiger partial charge in [-0.25, -0.2) is 0 Å². The molecular weight excluding hydrogens is 280 g/mol. The predicted molar refractivity (Wildman–Crippen MR) is 105 cm³/mol. The van der Waals surface area contributed by atoms with Crippen LogP contribution in [0.4, 0.5) is 0 Å². The van der Waals surface area contributed by atoms with Crippen molar-refractivity contribution in [2.75, 3.05) is 6.61 Å². The van der Waals surface area contributed by atoms with Crippen LogP contribution in [0.5, 0.6) is 0 Å². The number of hydrogen-bond donors (Lipinski definition) is 1. The van der Waals surface area contributed by atoms with Gasteiger partial charge in [-0.2, -0.15) is 0 Å². The average molecular weight is 327 g/mol. The van der Waals surface area contributed by atoms with Crippen LogP contribution in [0.15, 0.2) is 0 Å². The van der Waals surface area contributed by atoms with E-state index >= 15 is 0 Å². The fraction of sp³-hybridized carbons (Fsp3) is 1.00. The molecule has 0 bridgehead atoms. The summed E-state index contributed by atoms with van der Waals surface area (Å²) in [4.78, 5) is 0. The van der Waals surface area contributed by atoms with E-state index in [4.69, 9.17) is 0 Å². The molecule has 0 aliphatic rings. The highest BCUT2D eigenvalue weighted by Crippen LogP contribution is 2.19. The molecule has 23 heavy (non-hydrogen) atoms. The van der Waals surface area contributed by atoms with Crippen LogP contribution in [0.2, 0.25) is 0 Å². The average Bonchev–Trinajstić information content (AvgIpc) is 2.57. The number of rotatable bonds is 19. The second kappa shape index (κ2) is 20.0. The number of unbranched alkanes of at least 4 members (excludes halogenated alkanes) is 14. The first kappa shape index (κ1) is 23.0. The van der Waals surface area contributed by atoms with Gasteiger partial charge in [0.2, 0.25) is 0 Å². The van der Waals surface area contributed by atoms with Gasteiger partial charge in [0.1, 0.15) is 0 Å². The third-order valence-electron chi connectivity index (χ3n) is 5.19. The minimum Gasteiger partial charge on any atom is -0.396 e. The topological polar surface area (TPSA) is 20.2 Å². The van der Waals surface area contributed by atoms with Crippen molar-refractivity contribution in [3.05, 3.63) is 0 Å². The quantitative estimate of drug-likeness (QED) is 0.242. The Bertz CT molecular complexity index is 202. The summed E-state index contributed by atoms with van der Waals surface area (Å²) in [5.41, 5.74) is 0. The first-order valence-electron chi connectivity index (χ1n) is 11.0. The Morgan fingerprint density at radius 2 is 0.783 bits per heavy atom. The third-order valence-corrected chi connectivity index (χ3v) is 5.19. The molecule has 1 atom stereocenters. The maximum Gasteiger partial charge on any atom is 0.0459 e. The third kappa shape index (κ3) is 18.1. The van der Waals surface area contributed by atoms with Crippen molar-refractivity contribution in [2.45, 2.75) is 129 Å². The molecule has 1 heteroatoms. The molecule has 1 N–H and O–H groups in total. The van der Waals surface area contributed by atoms with E-state index in [1.807, 2.05) is 0 Å². The van der Waals surface area contributed by atoms with Crippen LogP contribution in [0, 0.1) is 5.92 Å². The van der Waals surface area contributed by atoms with Crippen molar-refractivity contribution >= 4 is 0 Å². The first-order chi connectivity index (χ1) is 11.3. The summed E-state index contributed by atoms with van der Waals surface area (Å²) in [6.07, 6.45) is 24.8. The molecule has 0 unspecified atom stereocenters. The molecule has 0 saturated heterocycles. The highest BCUT2D eigenvalue weighted by Gasteiger charge is 2.06. The molecule has 0 fully saturated rings. The van der Waals surface area contributed by atoms with Crippen LogP contribution >= 0.6 is 0 Å². The molecule has 0 spiro atoms. The zero-order valence-corrected chi connectivity index (χ0v) is 16.5. The second-order valence-electron chi connectivity index (χ2n) is 7.58. The van der Waals surface area contributed by atoms with Gasteiger partial charge in [0.15, 0.2) is 0 Å². The summed E-state index contributed by atoms with van der Waals surface area (Å²) in [5, 5.41) is 9.49. The lowest BCUT2D eigenvalue weighted by Gasteiger charge is -2.13. The SMILES string of the molecule is CCCCCCCCCCCCC[C@H](CO)CCCCCCC. The Balaban J connectivity index is 3.24. The van der Waals surface area contributed by atoms with Gasteiger partial charge in [0, 0.05) is 6.61 Å². The lowest BCUT2D eigenvalue weighted by molar-refractivity contribution is 0.204. The first-order valence-corrected chi connectivity index (χ1v) is 11.0. The molecule has 0 aromatic rings. The Morgan fingerprint density at radius 3 is 1.09 bits per heavy atom. The van der Waals surface area contributed by atoms with Gasteiger partial charge in [0.25, 0.3) is 0 Å². The summed E-state index contributed by atoms with van der Waals surface area (Å²) in [5.74, 6) is 0.579. The van der Waals surface area contributed by atoms with Crippen molar-refractivity contribution in [1.29, 1.82) is 0 Å². The van der Waals surface area contributed by atoms with Crippen LogP contribution in [-0.4, -0.2) is 11.7 Å². The van der Waals surface area contributed by atoms with E-state index in [-0.39, 0.29) is 0 Å². The Morgan fingerprint density at radius 1 is 0.478 bits per heavy atom. The van der Waals surface area contributed by atoms with Gasteiger partial charge in [-0.1, -0.05) is 117 Å². The molecular formula is C22H46O. The van der Waals surface area contributed by atoms with Gasteiger partial charge in [0.05, 0.1) is 0 Å². The molecule has 0 aromatic heterocycles. The maximum absolute atomic E-state index is 9.49. The van der Waals surface area contributed by atoms with Crippen LogP contribution in [0.25, 0.3) is 0 Å². The smallest absolute Gasteiger partial charge is 0.0459 e. The summed E-state index contributed by atoms with van der Waals surface area (Å²) in [6.45, 7) is 4.96. The molecule has 140 valence electrons. The molecule has 0 saturated carbocycles. The number of aliphatic hydroxyl groups excluding tert-OH is 1. The van der Waals surface area contributed by atoms with Crippen LogP contribution in [-0.2, 0) is 0 Å². The minimum absolute atomic E-state index is 0.408. The molecule has 0 heterocycles. The van der Waals surface area contributed by atoms with Crippen molar-refractivity contribution in [3.63, 3.8) is 0 Å². The molecule has 0 radical (unpaired) electrons. The van der Waals surface area contributed by atoms with Crippen molar-refractivity contribution in [2.24, 2.45) is 5.92 Å². The van der Waals surface area contributed by atoms with E-state index in [1.165, 1.54) is 116 Å². The summed E-state index contributed by atoms with van der Waals surface area (Å²) in [6, 6.07) is 0. The second-order valence-corrected chi connectivity index (χ2v) is 7.58. The Kier molecular flexibility index (Phi) is 20.0. The molecule has 0 aliphatic heterocycles. The largest absolute Gasteiger partial charge is 0.396 e. The predicted octanol–water partition coefficient (Wildman–Crippen LogP) is 7.66. The summed E-state index contributed by atoms with van der Waals surface area (Å²) < 4.78 is 0. The Labute approximate surface area is 147 Å². The van der Waals surface area contributed by atoms with Crippen LogP contribution < -0.4 is 0 Å². The van der Waals surface area contributed by atoms with Gasteiger partial charge >= 0.3 is 0 Å². The standard InChI is InChI=1S/C22H46O/c1-3-5-7-9-10-11-12-13-14-16-18-20-22(21-23)19-17-15-8-6-4-2/h22-23H,3-21H2,1-2H3/t22-/m1/s1. The van der Waals surface area contributed by atoms with E-state index in [2.05, 4.69) is 13.8 Å². The normalized spacial score (nSPS) is 12.7. The zero-order valence-electron chi connectivity index (χ0n) is 16.5. The highest BCUT2D eigenvalue weighted by molar-refractivity contribution is 4.59. The maximum atomic E-state index is 9.49. The van der Waals surface area contributed by atoms with Gasteiger partial charge < -0.3 is 5.11 Å². The highest BCUT2D eigenvalue weighted by atomic mass is 16.3. The van der Waals surface area contributed by atoms with E-state index in [1.54, 1.807) is 0 Å². The monoisotopic (exact) mass is 326 g/mol. The molecule has 0 amide bonds. The van der Waals surface area contributed by atoms with E-state index in [0.29, 0.717) is 12.5 Å². The number of hydrogen-bond acceptors (Lipinski definition) is 1.